The molecular weight excluding hydrogens is 290 g/mol. The van der Waals surface area contributed by atoms with Crippen LogP contribution in [0.5, 0.6) is 5.75 Å². The normalized spacial score (nSPS) is 12.3. The second-order valence-electron chi connectivity index (χ2n) is 5.66. The molecular formula is C19H19NO3. The first-order chi connectivity index (χ1) is 11.0. The number of nitrogens with zero attached hydrogens (tertiary/aromatic N) is 1. The molecule has 0 aliphatic heterocycles. The molecule has 1 heterocycles. The molecule has 0 fully saturated rings. The summed E-state index contributed by atoms with van der Waals surface area (Å²) in [4.78, 5) is 10.9. The van der Waals surface area contributed by atoms with Gasteiger partial charge in [-0.15, -0.1) is 0 Å². The van der Waals surface area contributed by atoms with Crippen LogP contribution in [0.15, 0.2) is 48.5 Å². The van der Waals surface area contributed by atoms with Gasteiger partial charge in [-0.3, -0.25) is 0 Å². The van der Waals surface area contributed by atoms with Crippen molar-refractivity contribution in [1.82, 2.24) is 4.57 Å². The highest BCUT2D eigenvalue weighted by molar-refractivity contribution is 5.98. The Morgan fingerprint density at radius 2 is 1.78 bits per heavy atom. The van der Waals surface area contributed by atoms with Gasteiger partial charge in [-0.2, -0.15) is 0 Å². The van der Waals surface area contributed by atoms with Crippen LogP contribution in [-0.4, -0.2) is 21.7 Å². The lowest BCUT2D eigenvalue weighted by molar-refractivity contribution is -0.144. The number of hydrogen-bond acceptors (Lipinski definition) is 2. The SMILES string of the molecule is Cc1c(-c2ccc(OC(C)C(=O)O)cc2)c2ccccc2n1C. The number of aromatic nitrogens is 1. The molecule has 0 aliphatic rings. The topological polar surface area (TPSA) is 51.5 Å². The average Bonchev–Trinajstić information content (AvgIpc) is 2.80. The summed E-state index contributed by atoms with van der Waals surface area (Å²) in [5.74, 6) is -0.416. The van der Waals surface area contributed by atoms with E-state index >= 15 is 0 Å². The Kier molecular flexibility index (Phi) is 3.82. The summed E-state index contributed by atoms with van der Waals surface area (Å²) in [6, 6.07) is 15.9. The summed E-state index contributed by atoms with van der Waals surface area (Å²) < 4.78 is 7.57. The minimum atomic E-state index is -0.973. The van der Waals surface area contributed by atoms with E-state index in [1.807, 2.05) is 36.4 Å². The third-order valence-electron chi connectivity index (χ3n) is 4.20. The van der Waals surface area contributed by atoms with E-state index in [1.165, 1.54) is 29.1 Å². The number of fused-ring (bicyclic) bond motifs is 1. The van der Waals surface area contributed by atoms with Gasteiger partial charge < -0.3 is 14.4 Å². The van der Waals surface area contributed by atoms with Crippen molar-refractivity contribution in [3.05, 3.63) is 54.2 Å². The van der Waals surface area contributed by atoms with Crippen LogP contribution >= 0.6 is 0 Å². The maximum Gasteiger partial charge on any atom is 0.344 e. The van der Waals surface area contributed by atoms with Crippen LogP contribution in [0.4, 0.5) is 0 Å². The Balaban J connectivity index is 2.00. The van der Waals surface area contributed by atoms with Gasteiger partial charge in [0.15, 0.2) is 6.10 Å². The zero-order valence-corrected chi connectivity index (χ0v) is 13.4. The molecule has 4 heteroatoms. The summed E-state index contributed by atoms with van der Waals surface area (Å²) in [6.07, 6.45) is -0.861. The number of ether oxygens (including phenoxy) is 1. The first-order valence-corrected chi connectivity index (χ1v) is 7.53. The number of benzene rings is 2. The Labute approximate surface area is 134 Å². The van der Waals surface area contributed by atoms with E-state index < -0.39 is 12.1 Å². The Morgan fingerprint density at radius 1 is 1.13 bits per heavy atom. The number of carboxylic acids is 1. The second kappa shape index (κ2) is 5.80. The van der Waals surface area contributed by atoms with Gasteiger partial charge in [-0.1, -0.05) is 30.3 Å². The molecule has 0 amide bonds. The van der Waals surface area contributed by atoms with Crippen molar-refractivity contribution < 1.29 is 14.6 Å². The predicted molar refractivity (Wildman–Crippen MR) is 90.8 cm³/mol. The van der Waals surface area contributed by atoms with Crippen molar-refractivity contribution in [3.8, 4) is 16.9 Å². The molecule has 0 saturated heterocycles. The van der Waals surface area contributed by atoms with Crippen molar-refractivity contribution in [3.63, 3.8) is 0 Å². The molecule has 1 N–H and O–H groups in total. The average molecular weight is 309 g/mol. The third kappa shape index (κ3) is 2.68. The maximum absolute atomic E-state index is 10.9. The maximum atomic E-state index is 10.9. The summed E-state index contributed by atoms with van der Waals surface area (Å²) in [5, 5.41) is 10.1. The quantitative estimate of drug-likeness (QED) is 0.792. The fourth-order valence-electron chi connectivity index (χ4n) is 2.84. The molecule has 3 rings (SSSR count). The molecule has 4 nitrogen and oxygen atoms in total. The molecule has 1 unspecified atom stereocenters. The number of hydrogen-bond donors (Lipinski definition) is 1. The zero-order chi connectivity index (χ0) is 16.6. The minimum absolute atomic E-state index is 0.557. The van der Waals surface area contributed by atoms with Gasteiger partial charge in [0.25, 0.3) is 0 Å². The van der Waals surface area contributed by atoms with Gasteiger partial charge in [-0.25, -0.2) is 4.79 Å². The third-order valence-corrected chi connectivity index (χ3v) is 4.20. The standard InChI is InChI=1S/C19H19NO3/c1-12-18(16-6-4-5-7-17(16)20(12)3)14-8-10-15(11-9-14)23-13(2)19(21)22/h4-11,13H,1-3H3,(H,21,22). The molecule has 2 aromatic carbocycles. The van der Waals surface area contributed by atoms with Crippen LogP contribution in [0.3, 0.4) is 0 Å². The van der Waals surface area contributed by atoms with E-state index in [0.717, 1.165) is 5.56 Å². The smallest absolute Gasteiger partial charge is 0.344 e. The summed E-state index contributed by atoms with van der Waals surface area (Å²) in [6.45, 7) is 3.62. The zero-order valence-electron chi connectivity index (χ0n) is 13.4. The number of carboxylic acid groups (broad SMARTS) is 1. The van der Waals surface area contributed by atoms with Crippen molar-refractivity contribution in [2.45, 2.75) is 20.0 Å². The Bertz CT molecular complexity index is 862. The first kappa shape index (κ1) is 15.2. The van der Waals surface area contributed by atoms with Crippen molar-refractivity contribution >= 4 is 16.9 Å². The van der Waals surface area contributed by atoms with Gasteiger partial charge in [0.1, 0.15) is 5.75 Å². The molecule has 0 bridgehead atoms. The van der Waals surface area contributed by atoms with Gasteiger partial charge in [0, 0.05) is 29.2 Å². The lowest BCUT2D eigenvalue weighted by Gasteiger charge is -2.11. The lowest BCUT2D eigenvalue weighted by atomic mass is 10.0. The van der Waals surface area contributed by atoms with E-state index in [4.69, 9.17) is 9.84 Å². The number of carbonyl (C=O) groups is 1. The molecule has 1 aromatic heterocycles. The van der Waals surface area contributed by atoms with E-state index in [0.29, 0.717) is 5.75 Å². The van der Waals surface area contributed by atoms with Crippen LogP contribution in [0.25, 0.3) is 22.0 Å². The molecule has 1 atom stereocenters. The molecule has 3 aromatic rings. The number of para-hydroxylation sites is 1. The fraction of sp³-hybridized carbons (Fsp3) is 0.211. The van der Waals surface area contributed by atoms with E-state index in [2.05, 4.69) is 30.7 Å². The Morgan fingerprint density at radius 3 is 2.43 bits per heavy atom. The van der Waals surface area contributed by atoms with Gasteiger partial charge >= 0.3 is 5.97 Å². The largest absolute Gasteiger partial charge is 0.479 e. The van der Waals surface area contributed by atoms with E-state index in [1.54, 1.807) is 0 Å². The van der Waals surface area contributed by atoms with E-state index in [-0.39, 0.29) is 0 Å². The summed E-state index contributed by atoms with van der Waals surface area (Å²) >= 11 is 0. The molecule has 118 valence electrons. The Hall–Kier alpha value is -2.75. The fourth-order valence-corrected chi connectivity index (χ4v) is 2.84. The highest BCUT2D eigenvalue weighted by atomic mass is 16.5. The lowest BCUT2D eigenvalue weighted by Crippen LogP contribution is -2.22. The van der Waals surface area contributed by atoms with E-state index in [9.17, 15) is 4.79 Å². The van der Waals surface area contributed by atoms with Crippen LogP contribution < -0.4 is 4.74 Å². The van der Waals surface area contributed by atoms with Gasteiger partial charge in [0.2, 0.25) is 0 Å². The monoisotopic (exact) mass is 309 g/mol. The molecule has 0 aliphatic carbocycles. The first-order valence-electron chi connectivity index (χ1n) is 7.53. The van der Waals surface area contributed by atoms with Crippen molar-refractivity contribution in [2.24, 2.45) is 7.05 Å². The van der Waals surface area contributed by atoms with Crippen LogP contribution in [0.1, 0.15) is 12.6 Å². The van der Waals surface area contributed by atoms with Gasteiger partial charge in [0.05, 0.1) is 0 Å². The molecule has 0 spiro atoms. The number of rotatable bonds is 4. The van der Waals surface area contributed by atoms with Crippen molar-refractivity contribution in [2.75, 3.05) is 0 Å². The molecule has 23 heavy (non-hydrogen) atoms. The van der Waals surface area contributed by atoms with Crippen LogP contribution in [0, 0.1) is 6.92 Å². The summed E-state index contributed by atoms with van der Waals surface area (Å²) in [7, 11) is 2.06. The van der Waals surface area contributed by atoms with Crippen LogP contribution in [-0.2, 0) is 11.8 Å². The highest BCUT2D eigenvalue weighted by Gasteiger charge is 2.15. The number of aryl methyl sites for hydroxylation is 1. The van der Waals surface area contributed by atoms with Crippen molar-refractivity contribution in [1.29, 1.82) is 0 Å². The van der Waals surface area contributed by atoms with Crippen LogP contribution in [0.2, 0.25) is 0 Å². The summed E-state index contributed by atoms with van der Waals surface area (Å²) in [5.41, 5.74) is 4.68. The second-order valence-corrected chi connectivity index (χ2v) is 5.66. The predicted octanol–water partition coefficient (Wildman–Crippen LogP) is 4.01. The minimum Gasteiger partial charge on any atom is -0.479 e. The molecule has 0 radical (unpaired) electrons. The van der Waals surface area contributed by atoms with Gasteiger partial charge in [-0.05, 0) is 37.6 Å². The molecule has 0 saturated carbocycles. The number of aliphatic carboxylic acids is 1. The highest BCUT2D eigenvalue weighted by Crippen LogP contribution is 2.34.